The van der Waals surface area contributed by atoms with Crippen LogP contribution in [-0.4, -0.2) is 43.2 Å². The van der Waals surface area contributed by atoms with E-state index in [0.29, 0.717) is 35.4 Å². The van der Waals surface area contributed by atoms with Crippen molar-refractivity contribution in [2.24, 2.45) is 5.92 Å². The van der Waals surface area contributed by atoms with Gasteiger partial charge in [-0.25, -0.2) is 0 Å². The number of nitrogens with zero attached hydrogens (tertiary/aromatic N) is 3. The van der Waals surface area contributed by atoms with Crippen LogP contribution in [-0.2, 0) is 0 Å². The molecule has 0 N–H and O–H groups in total. The van der Waals surface area contributed by atoms with Crippen LogP contribution < -0.4 is 14.4 Å². The number of ketones is 1. The van der Waals surface area contributed by atoms with Crippen molar-refractivity contribution in [3.63, 3.8) is 0 Å². The maximum atomic E-state index is 13.1. The number of carbonyl (C=O) groups is 1. The van der Waals surface area contributed by atoms with E-state index in [1.807, 2.05) is 18.7 Å². The molecule has 0 radical (unpaired) electrons. The molecule has 7 heteroatoms. The highest BCUT2D eigenvalue weighted by atomic mass is 16.5. The minimum absolute atomic E-state index is 0.0711. The quantitative estimate of drug-likeness (QED) is 0.732. The Morgan fingerprint density at radius 2 is 2.12 bits per heavy atom. The van der Waals surface area contributed by atoms with E-state index in [2.05, 4.69) is 10.1 Å². The maximum Gasteiger partial charge on any atom is 0.266 e. The lowest BCUT2D eigenvalue weighted by atomic mass is 9.89. The van der Waals surface area contributed by atoms with Crippen molar-refractivity contribution < 1.29 is 18.8 Å². The Morgan fingerprint density at radius 1 is 1.31 bits per heavy atom. The number of hydrogen-bond acceptors (Lipinski definition) is 7. The standard InChI is InChI=1S/C19H25N3O4/c1-12(2)18-20-19(21-26-18)22-9-5-6-13(11-22)17(23)15-8-7-14(24-3)10-16(15)25-4/h7-8,10,12-13H,5-6,9,11H2,1-4H3/t13-/m1/s1. The molecule has 1 aliphatic heterocycles. The molecular formula is C19H25N3O4. The Balaban J connectivity index is 1.77. The van der Waals surface area contributed by atoms with E-state index in [-0.39, 0.29) is 17.6 Å². The molecule has 26 heavy (non-hydrogen) atoms. The molecule has 1 aliphatic rings. The van der Waals surface area contributed by atoms with Gasteiger partial charge in [0.25, 0.3) is 5.95 Å². The van der Waals surface area contributed by atoms with Gasteiger partial charge in [-0.15, -0.1) is 0 Å². The summed E-state index contributed by atoms with van der Waals surface area (Å²) in [6, 6.07) is 5.29. The van der Waals surface area contributed by atoms with Gasteiger partial charge in [-0.2, -0.15) is 4.98 Å². The van der Waals surface area contributed by atoms with Crippen LogP contribution in [0.15, 0.2) is 22.7 Å². The minimum atomic E-state index is -0.132. The molecular weight excluding hydrogens is 334 g/mol. The van der Waals surface area contributed by atoms with Crippen LogP contribution in [0.1, 0.15) is 48.9 Å². The van der Waals surface area contributed by atoms with Crippen LogP contribution in [0.25, 0.3) is 0 Å². The molecule has 0 spiro atoms. The maximum absolute atomic E-state index is 13.1. The fraction of sp³-hybridized carbons (Fsp3) is 0.526. The number of methoxy groups -OCH3 is 2. The van der Waals surface area contributed by atoms with E-state index >= 15 is 0 Å². The first-order valence-electron chi connectivity index (χ1n) is 8.88. The van der Waals surface area contributed by atoms with Crippen LogP contribution in [0.2, 0.25) is 0 Å². The third kappa shape index (κ3) is 3.66. The molecule has 140 valence electrons. The average Bonchev–Trinajstić information content (AvgIpc) is 3.17. The van der Waals surface area contributed by atoms with Crippen molar-refractivity contribution in [1.29, 1.82) is 0 Å². The number of aromatic nitrogens is 2. The van der Waals surface area contributed by atoms with E-state index in [9.17, 15) is 4.79 Å². The van der Waals surface area contributed by atoms with Gasteiger partial charge in [0.2, 0.25) is 5.89 Å². The normalized spacial score (nSPS) is 17.4. The van der Waals surface area contributed by atoms with Crippen LogP contribution in [0.4, 0.5) is 5.95 Å². The number of benzene rings is 1. The van der Waals surface area contributed by atoms with Crippen molar-refractivity contribution >= 4 is 11.7 Å². The zero-order valence-corrected chi connectivity index (χ0v) is 15.7. The molecule has 1 saturated heterocycles. The fourth-order valence-electron chi connectivity index (χ4n) is 3.18. The molecule has 7 nitrogen and oxygen atoms in total. The summed E-state index contributed by atoms with van der Waals surface area (Å²) in [4.78, 5) is 19.5. The molecule has 1 aromatic carbocycles. The Morgan fingerprint density at radius 3 is 2.77 bits per heavy atom. The summed E-state index contributed by atoms with van der Waals surface area (Å²) in [5.74, 6) is 2.50. The summed E-state index contributed by atoms with van der Waals surface area (Å²) in [7, 11) is 3.15. The fourth-order valence-corrected chi connectivity index (χ4v) is 3.18. The second-order valence-corrected chi connectivity index (χ2v) is 6.80. The molecule has 0 unspecified atom stereocenters. The zero-order chi connectivity index (χ0) is 18.7. The molecule has 3 rings (SSSR count). The zero-order valence-electron chi connectivity index (χ0n) is 15.7. The average molecular weight is 359 g/mol. The molecule has 1 aromatic heterocycles. The van der Waals surface area contributed by atoms with Gasteiger partial charge >= 0.3 is 0 Å². The second-order valence-electron chi connectivity index (χ2n) is 6.80. The summed E-state index contributed by atoms with van der Waals surface area (Å²) < 4.78 is 15.9. The summed E-state index contributed by atoms with van der Waals surface area (Å²) in [5.41, 5.74) is 0.580. The third-order valence-electron chi connectivity index (χ3n) is 4.67. The smallest absolute Gasteiger partial charge is 0.266 e. The molecule has 0 bridgehead atoms. The van der Waals surface area contributed by atoms with Gasteiger partial charge in [0.1, 0.15) is 11.5 Å². The van der Waals surface area contributed by atoms with Crippen LogP contribution in [0.3, 0.4) is 0 Å². The minimum Gasteiger partial charge on any atom is -0.497 e. The molecule has 0 amide bonds. The van der Waals surface area contributed by atoms with Crippen LogP contribution in [0.5, 0.6) is 11.5 Å². The number of carbonyl (C=O) groups excluding carboxylic acids is 1. The van der Waals surface area contributed by atoms with Gasteiger partial charge in [0, 0.05) is 31.0 Å². The van der Waals surface area contributed by atoms with E-state index < -0.39 is 0 Å². The molecule has 0 aliphatic carbocycles. The first kappa shape index (κ1) is 18.2. The molecule has 1 fully saturated rings. The predicted molar refractivity (Wildman–Crippen MR) is 97.2 cm³/mol. The largest absolute Gasteiger partial charge is 0.497 e. The summed E-state index contributed by atoms with van der Waals surface area (Å²) in [5, 5.41) is 4.07. The van der Waals surface area contributed by atoms with Crippen molar-refractivity contribution in [1.82, 2.24) is 10.1 Å². The molecule has 0 saturated carbocycles. The number of ether oxygens (including phenoxy) is 2. The van der Waals surface area contributed by atoms with E-state index in [1.165, 1.54) is 0 Å². The molecule has 1 atom stereocenters. The van der Waals surface area contributed by atoms with Crippen LogP contribution >= 0.6 is 0 Å². The van der Waals surface area contributed by atoms with Crippen molar-refractivity contribution in [2.45, 2.75) is 32.6 Å². The molecule has 2 heterocycles. The number of Topliss-reactive ketones (excluding diaryl/α,β-unsaturated/α-hetero) is 1. The SMILES string of the molecule is COc1ccc(C(=O)[C@@H]2CCCN(c3noc(C(C)C)n3)C2)c(OC)c1. The highest BCUT2D eigenvalue weighted by Gasteiger charge is 2.30. The lowest BCUT2D eigenvalue weighted by Crippen LogP contribution is -2.39. The molecule has 2 aromatic rings. The number of hydrogen-bond donors (Lipinski definition) is 0. The Bertz CT molecular complexity index is 772. The van der Waals surface area contributed by atoms with Gasteiger partial charge in [-0.3, -0.25) is 4.79 Å². The summed E-state index contributed by atoms with van der Waals surface area (Å²) in [6.45, 7) is 5.41. The number of piperidine rings is 1. The van der Waals surface area contributed by atoms with Gasteiger partial charge in [-0.1, -0.05) is 13.8 Å². The highest BCUT2D eigenvalue weighted by molar-refractivity contribution is 6.00. The van der Waals surface area contributed by atoms with Gasteiger partial charge < -0.3 is 18.9 Å². The van der Waals surface area contributed by atoms with E-state index in [0.717, 1.165) is 19.4 Å². The Kier molecular flexibility index (Phi) is 5.44. The van der Waals surface area contributed by atoms with Crippen molar-refractivity contribution in [3.8, 4) is 11.5 Å². The van der Waals surface area contributed by atoms with Crippen molar-refractivity contribution in [2.75, 3.05) is 32.2 Å². The van der Waals surface area contributed by atoms with Crippen LogP contribution in [0, 0.1) is 5.92 Å². The van der Waals surface area contributed by atoms with Gasteiger partial charge in [0.05, 0.1) is 19.8 Å². The number of anilines is 1. The van der Waals surface area contributed by atoms with Gasteiger partial charge in [0.15, 0.2) is 5.78 Å². The van der Waals surface area contributed by atoms with Gasteiger partial charge in [-0.05, 0) is 30.1 Å². The Labute approximate surface area is 153 Å². The topological polar surface area (TPSA) is 77.7 Å². The van der Waals surface area contributed by atoms with E-state index in [1.54, 1.807) is 32.4 Å². The highest BCUT2D eigenvalue weighted by Crippen LogP contribution is 2.30. The summed E-state index contributed by atoms with van der Waals surface area (Å²) >= 11 is 0. The first-order chi connectivity index (χ1) is 12.5. The first-order valence-corrected chi connectivity index (χ1v) is 8.88. The summed E-state index contributed by atoms with van der Waals surface area (Å²) in [6.07, 6.45) is 1.74. The third-order valence-corrected chi connectivity index (χ3v) is 4.67. The predicted octanol–water partition coefficient (Wildman–Crippen LogP) is 3.31. The monoisotopic (exact) mass is 359 g/mol. The number of rotatable bonds is 6. The lowest BCUT2D eigenvalue weighted by molar-refractivity contribution is 0.0903. The van der Waals surface area contributed by atoms with Crippen molar-refractivity contribution in [3.05, 3.63) is 29.7 Å². The van der Waals surface area contributed by atoms with E-state index in [4.69, 9.17) is 14.0 Å². The second kappa shape index (κ2) is 7.76. The lowest BCUT2D eigenvalue weighted by Gasteiger charge is -2.31. The Hall–Kier alpha value is -2.57.